The van der Waals surface area contributed by atoms with Crippen molar-refractivity contribution in [1.82, 2.24) is 0 Å². The van der Waals surface area contributed by atoms with E-state index < -0.39 is 0 Å². The van der Waals surface area contributed by atoms with Gasteiger partial charge in [0.25, 0.3) is 0 Å². The van der Waals surface area contributed by atoms with E-state index in [9.17, 15) is 0 Å². The van der Waals surface area contributed by atoms with Crippen molar-refractivity contribution in [3.05, 3.63) is 65.2 Å². The molecule has 3 nitrogen and oxygen atoms in total. The first-order valence-electron chi connectivity index (χ1n) is 8.74. The van der Waals surface area contributed by atoms with Gasteiger partial charge in [0.1, 0.15) is 12.4 Å². The van der Waals surface area contributed by atoms with Crippen LogP contribution in [0, 0.1) is 18.8 Å². The highest BCUT2D eigenvalue weighted by Gasteiger charge is 2.23. The fourth-order valence-electron chi connectivity index (χ4n) is 3.21. The average Bonchev–Trinajstić information content (AvgIpc) is 2.61. The molecule has 0 aliphatic carbocycles. The summed E-state index contributed by atoms with van der Waals surface area (Å²) < 4.78 is 5.92. The summed E-state index contributed by atoms with van der Waals surface area (Å²) in [5.41, 5.74) is 15.5. The molecule has 0 aromatic heterocycles. The first-order valence-corrected chi connectivity index (χ1v) is 8.74. The van der Waals surface area contributed by atoms with Crippen LogP contribution in [0.15, 0.2) is 48.5 Å². The molecule has 0 saturated heterocycles. The van der Waals surface area contributed by atoms with Crippen molar-refractivity contribution >= 4 is 0 Å². The second-order valence-corrected chi connectivity index (χ2v) is 6.67. The van der Waals surface area contributed by atoms with Gasteiger partial charge in [-0.25, -0.2) is 0 Å². The molecule has 0 aliphatic heterocycles. The maximum absolute atomic E-state index is 5.92. The zero-order chi connectivity index (χ0) is 17.5. The molecule has 0 saturated carbocycles. The quantitative estimate of drug-likeness (QED) is 0.774. The second kappa shape index (κ2) is 8.86. The number of ether oxygens (including phenoxy) is 1. The maximum Gasteiger partial charge on any atom is 0.120 e. The largest absolute Gasteiger partial charge is 0.489 e. The van der Waals surface area contributed by atoms with Crippen LogP contribution in [0.25, 0.3) is 0 Å². The first kappa shape index (κ1) is 18.5. The van der Waals surface area contributed by atoms with Crippen molar-refractivity contribution in [3.8, 4) is 5.75 Å². The summed E-state index contributed by atoms with van der Waals surface area (Å²) in [6.07, 6.45) is 0. The Morgan fingerprint density at radius 2 is 1.62 bits per heavy atom. The van der Waals surface area contributed by atoms with E-state index in [-0.39, 0.29) is 0 Å². The van der Waals surface area contributed by atoms with Gasteiger partial charge in [0.2, 0.25) is 0 Å². The van der Waals surface area contributed by atoms with Crippen LogP contribution in [-0.4, -0.2) is 13.1 Å². The molecule has 3 heteroatoms. The molecule has 130 valence electrons. The number of aryl methyl sites for hydroxylation is 1. The minimum atomic E-state index is 0.355. The topological polar surface area (TPSA) is 61.3 Å². The maximum atomic E-state index is 5.92. The molecule has 0 spiro atoms. The van der Waals surface area contributed by atoms with E-state index in [1.807, 2.05) is 18.2 Å². The third-order valence-electron chi connectivity index (χ3n) is 5.12. The molecule has 4 N–H and O–H groups in total. The minimum absolute atomic E-state index is 0.355. The Morgan fingerprint density at radius 3 is 2.21 bits per heavy atom. The van der Waals surface area contributed by atoms with Gasteiger partial charge in [0, 0.05) is 0 Å². The third-order valence-corrected chi connectivity index (χ3v) is 5.12. The number of nitrogens with two attached hydrogens (primary N) is 2. The molecule has 0 heterocycles. The molecule has 0 bridgehead atoms. The molecule has 2 unspecified atom stereocenters. The number of rotatable bonds is 8. The van der Waals surface area contributed by atoms with Crippen molar-refractivity contribution in [2.75, 3.05) is 13.1 Å². The second-order valence-electron chi connectivity index (χ2n) is 6.67. The minimum Gasteiger partial charge on any atom is -0.489 e. The number of hydrogen-bond acceptors (Lipinski definition) is 3. The van der Waals surface area contributed by atoms with E-state index in [0.717, 1.165) is 5.75 Å². The summed E-state index contributed by atoms with van der Waals surface area (Å²) in [5.74, 6) is 2.14. The van der Waals surface area contributed by atoms with Crippen LogP contribution in [0.4, 0.5) is 0 Å². The molecule has 2 aromatic carbocycles. The first-order chi connectivity index (χ1) is 11.6. The lowest BCUT2D eigenvalue weighted by atomic mass is 9.79. The molecule has 2 atom stereocenters. The van der Waals surface area contributed by atoms with Gasteiger partial charge >= 0.3 is 0 Å². The van der Waals surface area contributed by atoms with Gasteiger partial charge < -0.3 is 16.2 Å². The fourth-order valence-corrected chi connectivity index (χ4v) is 3.21. The molecular weight excluding hydrogens is 296 g/mol. The van der Waals surface area contributed by atoms with E-state index in [4.69, 9.17) is 16.2 Å². The highest BCUT2D eigenvalue weighted by Crippen LogP contribution is 2.32. The normalized spacial score (nSPS) is 13.8. The summed E-state index contributed by atoms with van der Waals surface area (Å²) >= 11 is 0. The third kappa shape index (κ3) is 4.59. The Morgan fingerprint density at radius 1 is 0.958 bits per heavy atom. The number of benzene rings is 2. The van der Waals surface area contributed by atoms with Gasteiger partial charge in [-0.1, -0.05) is 50.2 Å². The van der Waals surface area contributed by atoms with E-state index in [2.05, 4.69) is 51.1 Å². The van der Waals surface area contributed by atoms with Gasteiger partial charge in [0.05, 0.1) is 0 Å². The monoisotopic (exact) mass is 326 g/mol. The van der Waals surface area contributed by atoms with Gasteiger partial charge in [-0.3, -0.25) is 0 Å². The Hall–Kier alpha value is -1.84. The molecule has 24 heavy (non-hydrogen) atoms. The van der Waals surface area contributed by atoms with Crippen molar-refractivity contribution in [3.63, 3.8) is 0 Å². The van der Waals surface area contributed by atoms with Crippen molar-refractivity contribution in [2.24, 2.45) is 23.3 Å². The van der Waals surface area contributed by atoms with Gasteiger partial charge in [0.15, 0.2) is 0 Å². The fraction of sp³-hybridized carbons (Fsp3) is 0.429. The summed E-state index contributed by atoms with van der Waals surface area (Å²) in [6, 6.07) is 16.6. The predicted molar refractivity (Wildman–Crippen MR) is 101 cm³/mol. The average molecular weight is 326 g/mol. The van der Waals surface area contributed by atoms with E-state index in [0.29, 0.717) is 37.5 Å². The number of hydrogen-bond donors (Lipinski definition) is 2. The summed E-state index contributed by atoms with van der Waals surface area (Å²) in [5, 5.41) is 0. The highest BCUT2D eigenvalue weighted by molar-refractivity contribution is 5.37. The highest BCUT2D eigenvalue weighted by atomic mass is 16.5. The van der Waals surface area contributed by atoms with Crippen LogP contribution >= 0.6 is 0 Å². The smallest absolute Gasteiger partial charge is 0.120 e. The zero-order valence-corrected chi connectivity index (χ0v) is 15.0. The molecule has 2 aromatic rings. The molecular formula is C21H30N2O. The lowest BCUT2D eigenvalue weighted by Gasteiger charge is -2.28. The summed E-state index contributed by atoms with van der Waals surface area (Å²) in [6.45, 7) is 8.52. The molecule has 0 amide bonds. The molecule has 2 rings (SSSR count). The Labute approximate surface area is 146 Å². The van der Waals surface area contributed by atoms with Gasteiger partial charge in [-0.2, -0.15) is 0 Å². The van der Waals surface area contributed by atoms with E-state index in [1.165, 1.54) is 16.7 Å². The Balaban J connectivity index is 2.06. The lowest BCUT2D eigenvalue weighted by molar-refractivity contribution is 0.305. The summed E-state index contributed by atoms with van der Waals surface area (Å²) in [4.78, 5) is 0. The van der Waals surface area contributed by atoms with Crippen LogP contribution in [0.2, 0.25) is 0 Å². The molecule has 0 fully saturated rings. The standard InChI is InChI=1S/C21H30N2O/c1-15-11-20(24-14-18-7-5-4-6-8-18)9-10-21(15)17(3)16(2)19(12-22)13-23/h4-11,16-17,19H,12-14,22-23H2,1-3H3. The van der Waals surface area contributed by atoms with Crippen LogP contribution in [-0.2, 0) is 6.61 Å². The molecule has 0 aliphatic rings. The summed E-state index contributed by atoms with van der Waals surface area (Å²) in [7, 11) is 0. The predicted octanol–water partition coefficient (Wildman–Crippen LogP) is 3.85. The van der Waals surface area contributed by atoms with E-state index >= 15 is 0 Å². The van der Waals surface area contributed by atoms with Crippen molar-refractivity contribution < 1.29 is 4.74 Å². The molecule has 0 radical (unpaired) electrons. The van der Waals surface area contributed by atoms with Crippen molar-refractivity contribution in [1.29, 1.82) is 0 Å². The lowest BCUT2D eigenvalue weighted by Crippen LogP contribution is -2.31. The Bertz CT molecular complexity index is 623. The van der Waals surface area contributed by atoms with Gasteiger partial charge in [-0.05, 0) is 66.6 Å². The van der Waals surface area contributed by atoms with Crippen LogP contribution in [0.5, 0.6) is 5.75 Å². The van der Waals surface area contributed by atoms with Gasteiger partial charge in [-0.15, -0.1) is 0 Å². The van der Waals surface area contributed by atoms with Crippen molar-refractivity contribution in [2.45, 2.75) is 33.3 Å². The van der Waals surface area contributed by atoms with Crippen LogP contribution in [0.3, 0.4) is 0 Å². The Kier molecular flexibility index (Phi) is 6.83. The van der Waals surface area contributed by atoms with E-state index in [1.54, 1.807) is 0 Å². The van der Waals surface area contributed by atoms with Crippen LogP contribution < -0.4 is 16.2 Å². The SMILES string of the molecule is Cc1cc(OCc2ccccc2)ccc1C(C)C(C)C(CN)CN. The van der Waals surface area contributed by atoms with Crippen LogP contribution in [0.1, 0.15) is 36.5 Å². The zero-order valence-electron chi connectivity index (χ0n) is 15.0.